The molecule has 1 aromatic heterocycles. The third-order valence-corrected chi connectivity index (χ3v) is 3.23. The molecule has 0 atom stereocenters. The van der Waals surface area contributed by atoms with Gasteiger partial charge in [0.05, 0.1) is 22.9 Å². The Morgan fingerprint density at radius 3 is 3.05 bits per heavy atom. The van der Waals surface area contributed by atoms with Gasteiger partial charge in [-0.15, -0.1) is 0 Å². The van der Waals surface area contributed by atoms with Crippen LogP contribution in [0.2, 0.25) is 0 Å². The fraction of sp³-hybridized carbons (Fsp3) is 0.200. The third kappa shape index (κ3) is 2.36. The quantitative estimate of drug-likeness (QED) is 0.902. The Kier molecular flexibility index (Phi) is 3.13. The van der Waals surface area contributed by atoms with Crippen LogP contribution in [0.3, 0.4) is 0 Å². The molecule has 1 aromatic carbocycles. The van der Waals surface area contributed by atoms with E-state index in [9.17, 15) is 4.79 Å². The van der Waals surface area contributed by atoms with Crippen molar-refractivity contribution in [1.82, 2.24) is 9.97 Å². The number of ketones is 1. The van der Waals surface area contributed by atoms with Gasteiger partial charge in [-0.3, -0.25) is 4.79 Å². The number of nitrogens with zero attached hydrogens (tertiary/aromatic N) is 3. The second-order valence-electron chi connectivity index (χ2n) is 4.65. The summed E-state index contributed by atoms with van der Waals surface area (Å²) in [5.41, 5.74) is 2.76. The zero-order valence-corrected chi connectivity index (χ0v) is 10.8. The largest absolute Gasteiger partial charge is 0.324 e. The molecule has 0 saturated carbocycles. The van der Waals surface area contributed by atoms with Crippen molar-refractivity contribution in [2.24, 2.45) is 0 Å². The number of aryl methyl sites for hydroxylation is 1. The van der Waals surface area contributed by atoms with E-state index in [0.717, 1.165) is 24.2 Å². The number of rotatable bonds is 2. The van der Waals surface area contributed by atoms with E-state index in [2.05, 4.69) is 21.4 Å². The van der Waals surface area contributed by atoms with Gasteiger partial charge in [0, 0.05) is 18.3 Å². The molecule has 3 rings (SSSR count). The van der Waals surface area contributed by atoms with Gasteiger partial charge in [-0.2, -0.15) is 5.26 Å². The van der Waals surface area contributed by atoms with Gasteiger partial charge in [0.15, 0.2) is 5.78 Å². The Morgan fingerprint density at radius 2 is 2.20 bits per heavy atom. The molecular weight excluding hydrogens is 252 g/mol. The van der Waals surface area contributed by atoms with Crippen molar-refractivity contribution in [3.8, 4) is 6.07 Å². The molecular formula is C15H12N4O. The van der Waals surface area contributed by atoms with E-state index in [1.54, 1.807) is 24.4 Å². The number of carbonyl (C=O) groups excluding carboxylic acids is 1. The number of hydrogen-bond acceptors (Lipinski definition) is 5. The maximum Gasteiger partial charge on any atom is 0.227 e. The number of Topliss-reactive ketones (excluding diaryl/α,β-unsaturated/α-hetero) is 1. The molecule has 1 heterocycles. The molecule has 0 amide bonds. The highest BCUT2D eigenvalue weighted by molar-refractivity contribution is 5.97. The normalized spacial score (nSPS) is 13.4. The van der Waals surface area contributed by atoms with Crippen LogP contribution in [0.1, 0.15) is 34.5 Å². The number of carbonyl (C=O) groups is 1. The molecule has 0 spiro atoms. The molecule has 5 nitrogen and oxygen atoms in total. The van der Waals surface area contributed by atoms with Gasteiger partial charge in [0.1, 0.15) is 0 Å². The van der Waals surface area contributed by atoms with Crippen molar-refractivity contribution >= 4 is 17.4 Å². The smallest absolute Gasteiger partial charge is 0.227 e. The van der Waals surface area contributed by atoms with Gasteiger partial charge in [0.2, 0.25) is 5.95 Å². The van der Waals surface area contributed by atoms with E-state index in [1.807, 2.05) is 6.07 Å². The first-order valence-corrected chi connectivity index (χ1v) is 6.42. The monoisotopic (exact) mass is 264 g/mol. The average molecular weight is 264 g/mol. The maximum absolute atomic E-state index is 11.7. The molecule has 98 valence electrons. The highest BCUT2D eigenvalue weighted by atomic mass is 16.1. The predicted octanol–water partition coefficient (Wildman–Crippen LogP) is 2.61. The number of nitrogens with one attached hydrogen (secondary N) is 1. The molecule has 1 N–H and O–H groups in total. The van der Waals surface area contributed by atoms with Crippen molar-refractivity contribution in [2.45, 2.75) is 19.3 Å². The zero-order chi connectivity index (χ0) is 13.9. The lowest BCUT2D eigenvalue weighted by atomic mass is 9.96. The van der Waals surface area contributed by atoms with Crippen LogP contribution in [0.5, 0.6) is 0 Å². The molecule has 0 fully saturated rings. The van der Waals surface area contributed by atoms with Crippen LogP contribution in [0.25, 0.3) is 0 Å². The predicted molar refractivity (Wildman–Crippen MR) is 73.7 cm³/mol. The third-order valence-electron chi connectivity index (χ3n) is 3.23. The molecule has 0 bridgehead atoms. The van der Waals surface area contributed by atoms with Crippen molar-refractivity contribution in [3.05, 3.63) is 47.3 Å². The maximum atomic E-state index is 11.7. The van der Waals surface area contributed by atoms with Gasteiger partial charge in [-0.25, -0.2) is 9.97 Å². The number of fused-ring (bicyclic) bond motifs is 1. The number of benzene rings is 1. The van der Waals surface area contributed by atoms with Gasteiger partial charge in [0.25, 0.3) is 0 Å². The van der Waals surface area contributed by atoms with E-state index < -0.39 is 0 Å². The summed E-state index contributed by atoms with van der Waals surface area (Å²) in [5, 5.41) is 11.9. The van der Waals surface area contributed by atoms with Crippen LogP contribution in [0, 0.1) is 11.3 Å². The van der Waals surface area contributed by atoms with Crippen LogP contribution >= 0.6 is 0 Å². The van der Waals surface area contributed by atoms with Gasteiger partial charge < -0.3 is 5.32 Å². The summed E-state index contributed by atoms with van der Waals surface area (Å²) in [6, 6.07) is 9.18. The summed E-state index contributed by atoms with van der Waals surface area (Å²) in [4.78, 5) is 20.3. The number of nitriles is 1. The average Bonchev–Trinajstić information content (AvgIpc) is 2.47. The second-order valence-corrected chi connectivity index (χ2v) is 4.65. The molecule has 2 aromatic rings. The van der Waals surface area contributed by atoms with E-state index in [1.165, 1.54) is 0 Å². The Hall–Kier alpha value is -2.74. The van der Waals surface area contributed by atoms with Crippen molar-refractivity contribution in [3.63, 3.8) is 0 Å². The molecule has 20 heavy (non-hydrogen) atoms. The van der Waals surface area contributed by atoms with E-state index in [-0.39, 0.29) is 5.78 Å². The lowest BCUT2D eigenvalue weighted by molar-refractivity contribution is 0.0971. The Morgan fingerprint density at radius 1 is 1.30 bits per heavy atom. The zero-order valence-electron chi connectivity index (χ0n) is 10.8. The van der Waals surface area contributed by atoms with Gasteiger partial charge in [-0.05, 0) is 31.0 Å². The fourth-order valence-corrected chi connectivity index (χ4v) is 2.25. The standard InChI is InChI=1S/C15H12N4O/c16-8-10-3-1-4-11(7-10)18-15-17-9-12-13(19-15)5-2-6-14(12)20/h1,3-4,7,9H,2,5-6H2,(H,17,18,19). The SMILES string of the molecule is N#Cc1cccc(Nc2ncc3c(n2)CCCC3=O)c1. The minimum absolute atomic E-state index is 0.115. The van der Waals surface area contributed by atoms with Crippen LogP contribution in [-0.2, 0) is 6.42 Å². The van der Waals surface area contributed by atoms with Crippen LogP contribution in [0.4, 0.5) is 11.6 Å². The molecule has 0 radical (unpaired) electrons. The van der Waals surface area contributed by atoms with Crippen LogP contribution in [0.15, 0.2) is 30.5 Å². The van der Waals surface area contributed by atoms with Crippen molar-refractivity contribution < 1.29 is 4.79 Å². The summed E-state index contributed by atoms with van der Waals surface area (Å²) < 4.78 is 0. The first kappa shape index (κ1) is 12.3. The van der Waals surface area contributed by atoms with E-state index in [0.29, 0.717) is 23.5 Å². The summed E-state index contributed by atoms with van der Waals surface area (Å²) in [6.45, 7) is 0. The number of hydrogen-bond donors (Lipinski definition) is 1. The van der Waals surface area contributed by atoms with Gasteiger partial charge in [-0.1, -0.05) is 6.07 Å². The topological polar surface area (TPSA) is 78.7 Å². The summed E-state index contributed by atoms with van der Waals surface area (Å²) >= 11 is 0. The summed E-state index contributed by atoms with van der Waals surface area (Å²) in [5.74, 6) is 0.567. The first-order chi connectivity index (χ1) is 9.76. The minimum atomic E-state index is 0.115. The minimum Gasteiger partial charge on any atom is -0.324 e. The highest BCUT2D eigenvalue weighted by Crippen LogP contribution is 2.21. The highest BCUT2D eigenvalue weighted by Gasteiger charge is 2.19. The van der Waals surface area contributed by atoms with E-state index >= 15 is 0 Å². The Bertz CT molecular complexity index is 718. The van der Waals surface area contributed by atoms with Crippen LogP contribution < -0.4 is 5.32 Å². The molecule has 1 aliphatic rings. The molecule has 0 unspecified atom stereocenters. The fourth-order valence-electron chi connectivity index (χ4n) is 2.25. The van der Waals surface area contributed by atoms with Crippen molar-refractivity contribution in [2.75, 3.05) is 5.32 Å². The Balaban J connectivity index is 1.88. The molecule has 0 saturated heterocycles. The Labute approximate surface area is 116 Å². The number of aromatic nitrogens is 2. The molecule has 0 aliphatic heterocycles. The first-order valence-electron chi connectivity index (χ1n) is 6.42. The lowest BCUT2D eigenvalue weighted by Crippen LogP contribution is -2.14. The summed E-state index contributed by atoms with van der Waals surface area (Å²) in [6.07, 6.45) is 3.80. The van der Waals surface area contributed by atoms with Crippen LogP contribution in [-0.4, -0.2) is 15.8 Å². The molecule has 1 aliphatic carbocycles. The number of anilines is 2. The second kappa shape index (κ2) is 5.10. The lowest BCUT2D eigenvalue weighted by Gasteiger charge is -2.14. The van der Waals surface area contributed by atoms with E-state index in [4.69, 9.17) is 5.26 Å². The van der Waals surface area contributed by atoms with Crippen molar-refractivity contribution in [1.29, 1.82) is 5.26 Å². The summed E-state index contributed by atoms with van der Waals surface area (Å²) in [7, 11) is 0. The molecule has 5 heteroatoms. The van der Waals surface area contributed by atoms with Gasteiger partial charge >= 0.3 is 0 Å².